The maximum Gasteiger partial charge on any atom is 0.254 e. The molecular formula is C25H32N4OS2. The van der Waals surface area contributed by atoms with Crippen LogP contribution in [0.4, 0.5) is 0 Å². The largest absolute Gasteiger partial charge is 0.310 e. The molecule has 0 radical (unpaired) electrons. The van der Waals surface area contributed by atoms with Crippen LogP contribution in [-0.2, 0) is 25.8 Å². The molecule has 0 bridgehead atoms. The second kappa shape index (κ2) is 11.3. The molecule has 0 spiro atoms. The normalized spacial score (nSPS) is 14.7. The smallest absolute Gasteiger partial charge is 0.254 e. The lowest BCUT2D eigenvalue weighted by Gasteiger charge is -2.26. The number of thioether (sulfide) groups is 1. The molecule has 3 aromatic rings. The lowest BCUT2D eigenvalue weighted by Crippen LogP contribution is -2.29. The summed E-state index contributed by atoms with van der Waals surface area (Å²) >= 11 is 3.78. The molecule has 0 aromatic carbocycles. The Hall–Kier alpha value is -1.96. The van der Waals surface area contributed by atoms with Crippen LogP contribution in [0, 0.1) is 6.92 Å². The van der Waals surface area contributed by atoms with Crippen molar-refractivity contribution in [3.63, 3.8) is 0 Å². The number of pyridine rings is 1. The van der Waals surface area contributed by atoms with E-state index in [0.29, 0.717) is 12.0 Å². The zero-order chi connectivity index (χ0) is 22.3. The fourth-order valence-electron chi connectivity index (χ4n) is 4.19. The van der Waals surface area contributed by atoms with Crippen LogP contribution in [0.1, 0.15) is 58.8 Å². The number of likely N-dealkylation sites (tertiary alicyclic amines) is 1. The predicted octanol–water partition coefficient (Wildman–Crippen LogP) is 5.01. The first-order valence-corrected chi connectivity index (χ1v) is 13.5. The van der Waals surface area contributed by atoms with Crippen LogP contribution in [0.15, 0.2) is 39.6 Å². The highest BCUT2D eigenvalue weighted by Gasteiger charge is 2.15. The number of hydrogen-bond acceptors (Lipinski definition) is 6. The van der Waals surface area contributed by atoms with Gasteiger partial charge in [-0.25, -0.2) is 4.98 Å². The summed E-state index contributed by atoms with van der Waals surface area (Å²) in [6, 6.07) is 6.35. The van der Waals surface area contributed by atoms with Gasteiger partial charge in [-0.05, 0) is 75.2 Å². The summed E-state index contributed by atoms with van der Waals surface area (Å²) in [6.07, 6.45) is 13.1. The fraction of sp³-hybridized carbons (Fsp3) is 0.480. The summed E-state index contributed by atoms with van der Waals surface area (Å²) in [6.45, 7) is 5.49. The quantitative estimate of drug-likeness (QED) is 0.447. The topological polar surface area (TPSA) is 61.9 Å². The van der Waals surface area contributed by atoms with Gasteiger partial charge in [0, 0.05) is 47.9 Å². The van der Waals surface area contributed by atoms with E-state index >= 15 is 0 Å². The molecule has 1 saturated heterocycles. The van der Waals surface area contributed by atoms with Gasteiger partial charge in [-0.2, -0.15) is 0 Å². The summed E-state index contributed by atoms with van der Waals surface area (Å²) in [5, 5.41) is 0. The van der Waals surface area contributed by atoms with E-state index in [1.165, 1.54) is 47.0 Å². The Bertz CT molecular complexity index is 1070. The van der Waals surface area contributed by atoms with Crippen molar-refractivity contribution in [3.8, 4) is 0 Å². The summed E-state index contributed by atoms with van der Waals surface area (Å²) < 4.78 is 1.40. The number of rotatable bonds is 9. The Morgan fingerprint density at radius 1 is 1.09 bits per heavy atom. The van der Waals surface area contributed by atoms with E-state index < -0.39 is 0 Å². The number of aromatic nitrogens is 3. The van der Waals surface area contributed by atoms with Crippen LogP contribution >= 0.6 is 23.1 Å². The molecule has 0 atom stereocenters. The van der Waals surface area contributed by atoms with Gasteiger partial charge < -0.3 is 4.98 Å². The van der Waals surface area contributed by atoms with Gasteiger partial charge in [-0.15, -0.1) is 23.1 Å². The number of thiophene rings is 1. The first-order valence-electron chi connectivity index (χ1n) is 11.5. The third kappa shape index (κ3) is 6.30. The fourth-order valence-corrected chi connectivity index (χ4v) is 6.06. The summed E-state index contributed by atoms with van der Waals surface area (Å²) in [5.41, 5.74) is 4.12. The lowest BCUT2D eigenvalue weighted by atomic mass is 10.1. The van der Waals surface area contributed by atoms with Gasteiger partial charge in [0.25, 0.3) is 5.56 Å². The number of H-pyrrole nitrogens is 1. The maximum atomic E-state index is 12.5. The van der Waals surface area contributed by atoms with Crippen molar-refractivity contribution >= 4 is 23.1 Å². The predicted molar refractivity (Wildman–Crippen MR) is 134 cm³/mol. The lowest BCUT2D eigenvalue weighted by molar-refractivity contribution is 0.222. The molecule has 3 aromatic heterocycles. The monoisotopic (exact) mass is 468 g/mol. The Labute approximate surface area is 198 Å². The Morgan fingerprint density at radius 3 is 2.66 bits per heavy atom. The van der Waals surface area contributed by atoms with E-state index in [2.05, 4.69) is 32.2 Å². The number of aryl methyl sites for hydroxylation is 3. The molecular weight excluding hydrogens is 436 g/mol. The van der Waals surface area contributed by atoms with E-state index in [1.807, 2.05) is 48.4 Å². The number of piperidine rings is 1. The van der Waals surface area contributed by atoms with Gasteiger partial charge in [-0.1, -0.05) is 12.5 Å². The van der Waals surface area contributed by atoms with E-state index in [4.69, 9.17) is 0 Å². The zero-order valence-electron chi connectivity index (χ0n) is 19.0. The van der Waals surface area contributed by atoms with E-state index in [1.54, 1.807) is 6.20 Å². The molecule has 1 fully saturated rings. The van der Waals surface area contributed by atoms with E-state index in [0.717, 1.165) is 42.9 Å². The number of nitrogens with one attached hydrogen (secondary N) is 1. The zero-order valence-corrected chi connectivity index (χ0v) is 20.7. The second-order valence-corrected chi connectivity index (χ2v) is 10.8. The highest BCUT2D eigenvalue weighted by Crippen LogP contribution is 2.32. The van der Waals surface area contributed by atoms with Gasteiger partial charge in [-0.3, -0.25) is 14.7 Å². The number of aromatic amines is 1. The number of nitrogens with zero attached hydrogens (tertiary/aromatic N) is 3. The van der Waals surface area contributed by atoms with E-state index in [9.17, 15) is 4.79 Å². The standard InChI is InChI=1S/C25H32N4OS2/c1-18-9-10-19(15-26-18)13-21-16-27-23(28-25(21)30)8-6-7-20-14-24(31-2)32-22(20)17-29-11-4-3-5-12-29/h9-10,14-16H,3-8,11-13,17H2,1-2H3,(H,27,28,30). The Kier molecular flexibility index (Phi) is 8.16. The third-order valence-corrected chi connectivity index (χ3v) is 8.27. The first kappa shape index (κ1) is 23.2. The summed E-state index contributed by atoms with van der Waals surface area (Å²) in [5.74, 6) is 0.777. The van der Waals surface area contributed by atoms with Crippen LogP contribution < -0.4 is 5.56 Å². The summed E-state index contributed by atoms with van der Waals surface area (Å²) in [7, 11) is 0. The van der Waals surface area contributed by atoms with Crippen molar-refractivity contribution in [2.45, 2.75) is 62.6 Å². The molecule has 4 rings (SSSR count). The van der Waals surface area contributed by atoms with Crippen LogP contribution in [0.5, 0.6) is 0 Å². The highest BCUT2D eigenvalue weighted by molar-refractivity contribution is 8.00. The minimum Gasteiger partial charge on any atom is -0.310 e. The maximum absolute atomic E-state index is 12.5. The molecule has 5 nitrogen and oxygen atoms in total. The molecule has 170 valence electrons. The molecule has 0 aliphatic carbocycles. The SMILES string of the molecule is CSc1cc(CCCc2ncc(Cc3ccc(C)nc3)c(=O)[nH]2)c(CN2CCCCC2)s1. The van der Waals surface area contributed by atoms with Crippen molar-refractivity contribution in [2.75, 3.05) is 19.3 Å². The van der Waals surface area contributed by atoms with Gasteiger partial charge in [0.15, 0.2) is 0 Å². The molecule has 7 heteroatoms. The van der Waals surface area contributed by atoms with E-state index in [-0.39, 0.29) is 5.56 Å². The van der Waals surface area contributed by atoms with Crippen LogP contribution in [0.2, 0.25) is 0 Å². The molecule has 0 amide bonds. The van der Waals surface area contributed by atoms with Crippen LogP contribution in [0.25, 0.3) is 0 Å². The van der Waals surface area contributed by atoms with Crippen molar-refractivity contribution in [3.05, 3.63) is 74.0 Å². The van der Waals surface area contributed by atoms with Gasteiger partial charge in [0.05, 0.1) is 4.21 Å². The second-order valence-electron chi connectivity index (χ2n) is 8.58. The van der Waals surface area contributed by atoms with Gasteiger partial charge >= 0.3 is 0 Å². The highest BCUT2D eigenvalue weighted by atomic mass is 32.2. The molecule has 4 heterocycles. The average Bonchev–Trinajstić information content (AvgIpc) is 3.19. The summed E-state index contributed by atoms with van der Waals surface area (Å²) in [4.78, 5) is 28.5. The van der Waals surface area contributed by atoms with Gasteiger partial charge in [0.2, 0.25) is 0 Å². The minimum absolute atomic E-state index is 0.0402. The molecule has 1 N–H and O–H groups in total. The van der Waals surface area contributed by atoms with Crippen molar-refractivity contribution in [1.82, 2.24) is 19.9 Å². The molecule has 0 unspecified atom stereocenters. The molecule has 0 saturated carbocycles. The van der Waals surface area contributed by atoms with Crippen molar-refractivity contribution < 1.29 is 0 Å². The molecule has 32 heavy (non-hydrogen) atoms. The average molecular weight is 469 g/mol. The first-order chi connectivity index (χ1) is 15.6. The Morgan fingerprint density at radius 2 is 1.94 bits per heavy atom. The minimum atomic E-state index is -0.0402. The van der Waals surface area contributed by atoms with Crippen molar-refractivity contribution in [1.29, 1.82) is 0 Å². The van der Waals surface area contributed by atoms with Crippen LogP contribution in [0.3, 0.4) is 0 Å². The molecule has 1 aliphatic rings. The van der Waals surface area contributed by atoms with Crippen LogP contribution in [-0.4, -0.2) is 39.2 Å². The van der Waals surface area contributed by atoms with Crippen molar-refractivity contribution in [2.24, 2.45) is 0 Å². The third-order valence-electron chi connectivity index (χ3n) is 6.04. The van der Waals surface area contributed by atoms with Gasteiger partial charge in [0.1, 0.15) is 5.82 Å². The molecule has 1 aliphatic heterocycles. The Balaban J connectivity index is 1.34. The number of hydrogen-bond donors (Lipinski definition) is 1.